The molecule has 1 aromatic rings. The smallest absolute Gasteiger partial charge is 0.320 e. The van der Waals surface area contributed by atoms with E-state index in [2.05, 4.69) is 4.98 Å². The lowest BCUT2D eigenvalue weighted by molar-refractivity contribution is -0.138. The van der Waals surface area contributed by atoms with Crippen molar-refractivity contribution in [3.05, 3.63) is 23.0 Å². The molecule has 0 aliphatic rings. The Bertz CT molecular complexity index is 370. The fourth-order valence-electron chi connectivity index (χ4n) is 1.04. The van der Waals surface area contributed by atoms with Crippen LogP contribution < -0.4 is 10.5 Å². The predicted octanol–water partition coefficient (Wildman–Crippen LogP) is 0.698. The van der Waals surface area contributed by atoms with Gasteiger partial charge in [-0.05, 0) is 0 Å². The van der Waals surface area contributed by atoms with Gasteiger partial charge in [0.2, 0.25) is 0 Å². The van der Waals surface area contributed by atoms with Crippen LogP contribution in [0, 0.1) is 0 Å². The summed E-state index contributed by atoms with van der Waals surface area (Å²) in [6.07, 6.45) is 1.55. The first-order valence-electron chi connectivity index (χ1n) is 4.21. The molecule has 0 aliphatic heterocycles. The third kappa shape index (κ3) is 3.07. The van der Waals surface area contributed by atoms with Crippen molar-refractivity contribution >= 4 is 17.6 Å². The van der Waals surface area contributed by atoms with Gasteiger partial charge in [-0.1, -0.05) is 11.6 Å². The van der Waals surface area contributed by atoms with Crippen LogP contribution in [0.15, 0.2) is 12.3 Å². The van der Waals surface area contributed by atoms with E-state index < -0.39 is 12.0 Å². The maximum Gasteiger partial charge on any atom is 0.320 e. The molecule has 0 saturated carbocycles. The molecule has 0 saturated heterocycles. The maximum absolute atomic E-state index is 10.5. The van der Waals surface area contributed by atoms with Crippen LogP contribution in [-0.2, 0) is 11.2 Å². The molecular weight excluding hydrogens is 220 g/mol. The van der Waals surface area contributed by atoms with Gasteiger partial charge in [-0.3, -0.25) is 9.78 Å². The van der Waals surface area contributed by atoms with E-state index in [9.17, 15) is 4.79 Å². The van der Waals surface area contributed by atoms with E-state index >= 15 is 0 Å². The molecule has 1 aromatic heterocycles. The summed E-state index contributed by atoms with van der Waals surface area (Å²) >= 11 is 5.76. The second-order valence-electron chi connectivity index (χ2n) is 2.96. The van der Waals surface area contributed by atoms with Gasteiger partial charge in [0.15, 0.2) is 0 Å². The number of aromatic nitrogens is 1. The molecule has 0 aliphatic carbocycles. The Kier molecular flexibility index (Phi) is 3.88. The fraction of sp³-hybridized carbons (Fsp3) is 0.333. The fourth-order valence-corrected chi connectivity index (χ4v) is 1.22. The van der Waals surface area contributed by atoms with Gasteiger partial charge >= 0.3 is 5.97 Å². The molecule has 0 aromatic carbocycles. The highest BCUT2D eigenvalue weighted by molar-refractivity contribution is 6.31. The molecule has 15 heavy (non-hydrogen) atoms. The number of methoxy groups -OCH3 is 1. The van der Waals surface area contributed by atoms with E-state index in [4.69, 9.17) is 27.2 Å². The number of hydrogen-bond donors (Lipinski definition) is 2. The average Bonchev–Trinajstić information content (AvgIpc) is 2.20. The summed E-state index contributed by atoms with van der Waals surface area (Å²) in [5.74, 6) is -0.607. The summed E-state index contributed by atoms with van der Waals surface area (Å²) in [6, 6.07) is 0.605. The van der Waals surface area contributed by atoms with Gasteiger partial charge in [-0.2, -0.15) is 0 Å². The van der Waals surface area contributed by atoms with Crippen molar-refractivity contribution in [3.63, 3.8) is 0 Å². The number of rotatable bonds is 4. The lowest BCUT2D eigenvalue weighted by Crippen LogP contribution is -2.32. The molecule has 0 radical (unpaired) electrons. The molecule has 5 nitrogen and oxygen atoms in total. The first kappa shape index (κ1) is 11.7. The Morgan fingerprint density at radius 3 is 3.00 bits per heavy atom. The second kappa shape index (κ2) is 4.95. The Morgan fingerprint density at radius 1 is 1.80 bits per heavy atom. The number of hydrogen-bond acceptors (Lipinski definition) is 4. The Hall–Kier alpha value is -1.33. The number of pyridine rings is 1. The summed E-state index contributed by atoms with van der Waals surface area (Å²) in [6.45, 7) is 0. The van der Waals surface area contributed by atoms with Crippen molar-refractivity contribution in [2.24, 2.45) is 5.73 Å². The predicted molar refractivity (Wildman–Crippen MR) is 55.1 cm³/mol. The van der Waals surface area contributed by atoms with Gasteiger partial charge in [-0.25, -0.2) is 0 Å². The molecule has 1 unspecified atom stereocenters. The Labute approximate surface area is 91.8 Å². The molecule has 0 fully saturated rings. The zero-order valence-electron chi connectivity index (χ0n) is 8.11. The number of nitrogens with two attached hydrogens (primary N) is 1. The third-order valence-corrected chi connectivity index (χ3v) is 2.13. The van der Waals surface area contributed by atoms with E-state index in [0.717, 1.165) is 0 Å². The van der Waals surface area contributed by atoms with Crippen LogP contribution in [0.5, 0.6) is 5.75 Å². The summed E-state index contributed by atoms with van der Waals surface area (Å²) < 4.78 is 4.97. The topological polar surface area (TPSA) is 85.4 Å². The van der Waals surface area contributed by atoms with Crippen LogP contribution >= 0.6 is 11.6 Å². The molecule has 0 bridgehead atoms. The monoisotopic (exact) mass is 230 g/mol. The van der Waals surface area contributed by atoms with Gasteiger partial charge in [-0.15, -0.1) is 0 Å². The summed E-state index contributed by atoms with van der Waals surface area (Å²) in [5.41, 5.74) is 5.90. The van der Waals surface area contributed by atoms with Crippen molar-refractivity contribution in [3.8, 4) is 5.75 Å². The Morgan fingerprint density at radius 2 is 2.47 bits per heavy atom. The number of ether oxygens (including phenoxy) is 1. The van der Waals surface area contributed by atoms with E-state index in [1.165, 1.54) is 13.3 Å². The van der Waals surface area contributed by atoms with E-state index in [0.29, 0.717) is 16.5 Å². The maximum atomic E-state index is 10.5. The Balaban J connectivity index is 2.83. The first-order valence-corrected chi connectivity index (χ1v) is 4.59. The van der Waals surface area contributed by atoms with Crippen molar-refractivity contribution in [2.45, 2.75) is 12.5 Å². The first-order chi connectivity index (χ1) is 7.04. The van der Waals surface area contributed by atoms with E-state index in [1.54, 1.807) is 6.07 Å². The zero-order valence-corrected chi connectivity index (χ0v) is 8.86. The van der Waals surface area contributed by atoms with E-state index in [1.807, 2.05) is 0 Å². The largest absolute Gasteiger partial charge is 0.495 e. The van der Waals surface area contributed by atoms with Crippen LogP contribution in [0.1, 0.15) is 5.69 Å². The molecule has 1 rings (SSSR count). The molecular formula is C9H11ClN2O3. The minimum absolute atomic E-state index is 0.142. The van der Waals surface area contributed by atoms with Crippen LogP contribution in [0.3, 0.4) is 0 Å². The van der Waals surface area contributed by atoms with Crippen molar-refractivity contribution < 1.29 is 14.6 Å². The van der Waals surface area contributed by atoms with Crippen molar-refractivity contribution in [1.82, 2.24) is 4.98 Å². The lowest BCUT2D eigenvalue weighted by atomic mass is 10.1. The SMILES string of the molecule is COc1cc(CC(N)C(=O)O)ncc1Cl. The highest BCUT2D eigenvalue weighted by Crippen LogP contribution is 2.23. The minimum Gasteiger partial charge on any atom is -0.495 e. The number of aliphatic carboxylic acids is 1. The van der Waals surface area contributed by atoms with Gasteiger partial charge in [0.05, 0.1) is 7.11 Å². The average molecular weight is 231 g/mol. The van der Waals surface area contributed by atoms with Crippen LogP contribution in [0.25, 0.3) is 0 Å². The third-order valence-electron chi connectivity index (χ3n) is 1.84. The quantitative estimate of drug-likeness (QED) is 0.795. The normalized spacial score (nSPS) is 12.2. The molecule has 1 heterocycles. The van der Waals surface area contributed by atoms with Crippen molar-refractivity contribution in [1.29, 1.82) is 0 Å². The van der Waals surface area contributed by atoms with Gasteiger partial charge < -0.3 is 15.6 Å². The number of carbonyl (C=O) groups is 1. The molecule has 3 N–H and O–H groups in total. The second-order valence-corrected chi connectivity index (χ2v) is 3.37. The van der Waals surface area contributed by atoms with Crippen LogP contribution in [0.2, 0.25) is 5.02 Å². The number of halogens is 1. The lowest BCUT2D eigenvalue weighted by Gasteiger charge is -2.08. The van der Waals surface area contributed by atoms with Crippen molar-refractivity contribution in [2.75, 3.05) is 7.11 Å². The minimum atomic E-state index is -1.06. The number of carboxylic acids is 1. The summed E-state index contributed by atoms with van der Waals surface area (Å²) in [5, 5.41) is 8.99. The van der Waals surface area contributed by atoms with Gasteiger partial charge in [0.25, 0.3) is 0 Å². The van der Waals surface area contributed by atoms with Crippen LogP contribution in [-0.4, -0.2) is 29.2 Å². The summed E-state index contributed by atoms with van der Waals surface area (Å²) in [4.78, 5) is 14.5. The van der Waals surface area contributed by atoms with Crippen LogP contribution in [0.4, 0.5) is 0 Å². The molecule has 0 amide bonds. The number of nitrogens with zero attached hydrogens (tertiary/aromatic N) is 1. The van der Waals surface area contributed by atoms with Gasteiger partial charge in [0.1, 0.15) is 16.8 Å². The van der Waals surface area contributed by atoms with Gasteiger partial charge in [0, 0.05) is 24.4 Å². The zero-order chi connectivity index (χ0) is 11.4. The molecule has 1 atom stereocenters. The highest BCUT2D eigenvalue weighted by atomic mass is 35.5. The highest BCUT2D eigenvalue weighted by Gasteiger charge is 2.14. The molecule has 6 heteroatoms. The number of carboxylic acid groups (broad SMARTS) is 1. The molecule has 82 valence electrons. The standard InChI is InChI=1S/C9H11ClN2O3/c1-15-8-3-5(12-4-6(8)10)2-7(11)9(13)14/h3-4,7H,2,11H2,1H3,(H,13,14). The van der Waals surface area contributed by atoms with E-state index in [-0.39, 0.29) is 6.42 Å². The summed E-state index contributed by atoms with van der Waals surface area (Å²) in [7, 11) is 1.47. The molecule has 0 spiro atoms.